The third-order valence-electron chi connectivity index (χ3n) is 3.30. The molecule has 4 N–H and O–H groups in total. The topological polar surface area (TPSA) is 113 Å². The Morgan fingerprint density at radius 1 is 1.53 bits per heavy atom. The molecule has 0 aliphatic carbocycles. The van der Waals surface area contributed by atoms with Gasteiger partial charge in [-0.15, -0.1) is 0 Å². The molecular formula is C11H15N7O. The van der Waals surface area contributed by atoms with E-state index in [2.05, 4.69) is 25.5 Å². The molecule has 0 bridgehead atoms. The van der Waals surface area contributed by atoms with Crippen LogP contribution in [0.2, 0.25) is 0 Å². The molecule has 0 spiro atoms. The number of nitrogens with zero attached hydrogens (tertiary/aromatic N) is 4. The summed E-state index contributed by atoms with van der Waals surface area (Å²) in [5.41, 5.74) is 6.30. The van der Waals surface area contributed by atoms with Crippen molar-refractivity contribution in [2.24, 2.45) is 0 Å². The lowest BCUT2D eigenvalue weighted by atomic mass is 10.1. The summed E-state index contributed by atoms with van der Waals surface area (Å²) in [5, 5.41) is 10.4. The van der Waals surface area contributed by atoms with Gasteiger partial charge in [0, 0.05) is 13.1 Å². The quantitative estimate of drug-likeness (QED) is 0.681. The van der Waals surface area contributed by atoms with Crippen molar-refractivity contribution in [2.75, 3.05) is 23.7 Å². The molecule has 1 amide bonds. The third kappa shape index (κ3) is 1.85. The summed E-state index contributed by atoms with van der Waals surface area (Å²) in [4.78, 5) is 22.2. The molecule has 2 aromatic rings. The van der Waals surface area contributed by atoms with E-state index in [0.29, 0.717) is 31.0 Å². The lowest BCUT2D eigenvalue weighted by Gasteiger charge is -2.35. The van der Waals surface area contributed by atoms with Crippen molar-refractivity contribution in [3.05, 3.63) is 6.20 Å². The predicted octanol–water partition coefficient (Wildman–Crippen LogP) is -0.350. The van der Waals surface area contributed by atoms with Crippen LogP contribution in [0.5, 0.6) is 0 Å². The van der Waals surface area contributed by atoms with Crippen LogP contribution in [-0.4, -0.2) is 45.2 Å². The number of aromatic nitrogens is 4. The lowest BCUT2D eigenvalue weighted by molar-refractivity contribution is -0.123. The minimum Gasteiger partial charge on any atom is -0.368 e. The summed E-state index contributed by atoms with van der Waals surface area (Å²) >= 11 is 0. The average Bonchev–Trinajstić information content (AvgIpc) is 2.85. The molecule has 3 heterocycles. The van der Waals surface area contributed by atoms with Crippen LogP contribution in [-0.2, 0) is 4.79 Å². The summed E-state index contributed by atoms with van der Waals surface area (Å²) in [5.74, 6) is 0.855. The molecule has 8 heteroatoms. The summed E-state index contributed by atoms with van der Waals surface area (Å²) in [6.07, 6.45) is 2.36. The van der Waals surface area contributed by atoms with Gasteiger partial charge in [-0.25, -0.2) is 0 Å². The highest BCUT2D eigenvalue weighted by molar-refractivity contribution is 5.92. The Bertz CT molecular complexity index is 623. The number of nitrogens with two attached hydrogens (primary N) is 1. The highest BCUT2D eigenvalue weighted by atomic mass is 16.2. The van der Waals surface area contributed by atoms with Gasteiger partial charge in [-0.2, -0.15) is 15.1 Å². The van der Waals surface area contributed by atoms with Crippen molar-refractivity contribution in [2.45, 2.75) is 19.4 Å². The van der Waals surface area contributed by atoms with Gasteiger partial charge in [-0.05, 0) is 6.42 Å². The van der Waals surface area contributed by atoms with Crippen LogP contribution in [0.25, 0.3) is 11.0 Å². The van der Waals surface area contributed by atoms with Crippen molar-refractivity contribution in [3.8, 4) is 0 Å². The highest BCUT2D eigenvalue weighted by Crippen LogP contribution is 2.26. The zero-order chi connectivity index (χ0) is 13.4. The molecule has 3 rings (SSSR count). The number of aromatic amines is 1. The first-order valence-electron chi connectivity index (χ1n) is 6.21. The van der Waals surface area contributed by atoms with Crippen LogP contribution >= 0.6 is 0 Å². The Morgan fingerprint density at radius 2 is 2.37 bits per heavy atom. The van der Waals surface area contributed by atoms with Gasteiger partial charge in [0.15, 0.2) is 5.65 Å². The number of H-pyrrole nitrogens is 1. The maximum absolute atomic E-state index is 11.9. The summed E-state index contributed by atoms with van der Waals surface area (Å²) in [7, 11) is 0. The van der Waals surface area contributed by atoms with Gasteiger partial charge in [-0.1, -0.05) is 6.92 Å². The Morgan fingerprint density at radius 3 is 3.16 bits per heavy atom. The predicted molar refractivity (Wildman–Crippen MR) is 70.5 cm³/mol. The number of anilines is 2. The van der Waals surface area contributed by atoms with Crippen LogP contribution in [0, 0.1) is 0 Å². The maximum atomic E-state index is 11.9. The van der Waals surface area contributed by atoms with Gasteiger partial charge in [0.25, 0.3) is 0 Å². The standard InChI is InChI=1S/C11H15N7O/c1-2-7-10(19)13-3-4-18(7)9-6-5-14-17-8(6)15-11(12)16-9/h5,7H,2-4H2,1H3,(H,13,19)(H3,12,14,15,16,17). The number of hydrogen-bond donors (Lipinski definition) is 3. The minimum absolute atomic E-state index is 0.0163. The molecule has 1 fully saturated rings. The van der Waals surface area contributed by atoms with Crippen LogP contribution in [0.3, 0.4) is 0 Å². The van der Waals surface area contributed by atoms with E-state index in [1.165, 1.54) is 0 Å². The Labute approximate surface area is 109 Å². The van der Waals surface area contributed by atoms with E-state index in [1.54, 1.807) is 6.20 Å². The van der Waals surface area contributed by atoms with Crippen LogP contribution in [0.1, 0.15) is 13.3 Å². The normalized spacial score (nSPS) is 19.7. The van der Waals surface area contributed by atoms with Crippen molar-refractivity contribution in [1.82, 2.24) is 25.5 Å². The van der Waals surface area contributed by atoms with Crippen molar-refractivity contribution < 1.29 is 4.79 Å². The molecule has 0 saturated carbocycles. The molecular weight excluding hydrogens is 246 g/mol. The molecule has 1 unspecified atom stereocenters. The lowest BCUT2D eigenvalue weighted by Crippen LogP contribution is -2.55. The fraction of sp³-hybridized carbons (Fsp3) is 0.455. The second-order valence-corrected chi connectivity index (χ2v) is 4.45. The minimum atomic E-state index is -0.235. The van der Waals surface area contributed by atoms with Crippen molar-refractivity contribution >= 4 is 28.7 Å². The first-order chi connectivity index (χ1) is 9.20. The second kappa shape index (κ2) is 4.38. The summed E-state index contributed by atoms with van der Waals surface area (Å²) in [6.45, 7) is 3.26. The summed E-state index contributed by atoms with van der Waals surface area (Å²) in [6, 6.07) is -0.235. The number of rotatable bonds is 2. The van der Waals surface area contributed by atoms with Crippen LogP contribution < -0.4 is 16.0 Å². The largest absolute Gasteiger partial charge is 0.368 e. The number of hydrogen-bond acceptors (Lipinski definition) is 6. The zero-order valence-corrected chi connectivity index (χ0v) is 10.6. The number of nitrogen functional groups attached to an aromatic ring is 1. The van der Waals surface area contributed by atoms with Crippen LogP contribution in [0.4, 0.5) is 11.8 Å². The van der Waals surface area contributed by atoms with E-state index in [1.807, 2.05) is 11.8 Å². The second-order valence-electron chi connectivity index (χ2n) is 4.45. The molecule has 8 nitrogen and oxygen atoms in total. The molecule has 100 valence electrons. The van der Waals surface area contributed by atoms with Gasteiger partial charge < -0.3 is 16.0 Å². The van der Waals surface area contributed by atoms with E-state index in [-0.39, 0.29) is 17.9 Å². The van der Waals surface area contributed by atoms with E-state index in [0.717, 1.165) is 5.39 Å². The van der Waals surface area contributed by atoms with E-state index in [9.17, 15) is 4.79 Å². The monoisotopic (exact) mass is 261 g/mol. The third-order valence-corrected chi connectivity index (χ3v) is 3.30. The number of amides is 1. The summed E-state index contributed by atoms with van der Waals surface area (Å²) < 4.78 is 0. The number of nitrogens with one attached hydrogen (secondary N) is 2. The molecule has 1 atom stereocenters. The Balaban J connectivity index is 2.11. The van der Waals surface area contributed by atoms with Gasteiger partial charge in [0.05, 0.1) is 11.6 Å². The van der Waals surface area contributed by atoms with Gasteiger partial charge in [0.1, 0.15) is 11.9 Å². The Kier molecular flexibility index (Phi) is 2.69. The molecule has 2 aromatic heterocycles. The van der Waals surface area contributed by atoms with Crippen molar-refractivity contribution in [3.63, 3.8) is 0 Å². The van der Waals surface area contributed by atoms with E-state index >= 15 is 0 Å². The van der Waals surface area contributed by atoms with Crippen LogP contribution in [0.15, 0.2) is 6.20 Å². The van der Waals surface area contributed by atoms with E-state index < -0.39 is 0 Å². The zero-order valence-electron chi connectivity index (χ0n) is 10.6. The maximum Gasteiger partial charge on any atom is 0.242 e. The molecule has 0 radical (unpaired) electrons. The number of piperazine rings is 1. The first-order valence-corrected chi connectivity index (χ1v) is 6.21. The number of fused-ring (bicyclic) bond motifs is 1. The Hall–Kier alpha value is -2.38. The number of carbonyl (C=O) groups is 1. The van der Waals surface area contributed by atoms with Gasteiger partial charge in [-0.3, -0.25) is 9.89 Å². The fourth-order valence-corrected chi connectivity index (χ4v) is 2.43. The van der Waals surface area contributed by atoms with Gasteiger partial charge >= 0.3 is 0 Å². The smallest absolute Gasteiger partial charge is 0.242 e. The molecule has 1 aliphatic rings. The average molecular weight is 261 g/mol. The SMILES string of the molecule is CCC1C(=O)NCCN1c1nc(N)nc2[nH]ncc12. The first kappa shape index (κ1) is 11.7. The van der Waals surface area contributed by atoms with E-state index in [4.69, 9.17) is 5.73 Å². The molecule has 1 aliphatic heterocycles. The molecule has 0 aromatic carbocycles. The fourth-order valence-electron chi connectivity index (χ4n) is 2.43. The molecule has 19 heavy (non-hydrogen) atoms. The van der Waals surface area contributed by atoms with Gasteiger partial charge in [0.2, 0.25) is 11.9 Å². The molecule has 1 saturated heterocycles. The highest BCUT2D eigenvalue weighted by Gasteiger charge is 2.30. The number of carbonyl (C=O) groups excluding carboxylic acids is 1. The van der Waals surface area contributed by atoms with Crippen molar-refractivity contribution in [1.29, 1.82) is 0 Å².